The summed E-state index contributed by atoms with van der Waals surface area (Å²) in [7, 11) is 1.56. The van der Waals surface area contributed by atoms with E-state index in [1.807, 2.05) is 0 Å². The summed E-state index contributed by atoms with van der Waals surface area (Å²) in [5.74, 6) is -0.458. The zero-order valence-corrected chi connectivity index (χ0v) is 8.50. The fraction of sp³-hybridized carbons (Fsp3) is 0.556. The minimum Gasteiger partial charge on any atom is -0.456 e. The van der Waals surface area contributed by atoms with Crippen LogP contribution in [-0.4, -0.2) is 24.8 Å². The number of rotatable bonds is 2. The van der Waals surface area contributed by atoms with E-state index in [1.54, 1.807) is 27.8 Å². The molecule has 0 aromatic rings. The summed E-state index contributed by atoms with van der Waals surface area (Å²) in [6, 6.07) is 0. The molecule has 0 aromatic carbocycles. The first-order chi connectivity index (χ1) is 5.90. The first-order valence-corrected chi connectivity index (χ1v) is 3.98. The molecule has 0 aliphatic heterocycles. The molecule has 4 nitrogen and oxygen atoms in total. The predicted molar refractivity (Wildman–Crippen MR) is 52.5 cm³/mol. The highest BCUT2D eigenvalue weighted by Gasteiger charge is 2.18. The van der Waals surface area contributed by atoms with Crippen LogP contribution in [-0.2, 0) is 9.53 Å². The van der Waals surface area contributed by atoms with Gasteiger partial charge in [-0.2, -0.15) is 0 Å². The highest BCUT2D eigenvalue weighted by Crippen LogP contribution is 2.09. The van der Waals surface area contributed by atoms with Crippen LogP contribution in [0.2, 0.25) is 0 Å². The Labute approximate surface area is 78.5 Å². The number of ether oxygens (including phenoxy) is 1. The molecular weight excluding hydrogens is 168 g/mol. The SMILES string of the molecule is CN=CC(=CN)C(=O)OC(C)(C)C. The Morgan fingerprint density at radius 3 is 2.31 bits per heavy atom. The van der Waals surface area contributed by atoms with E-state index in [4.69, 9.17) is 10.5 Å². The van der Waals surface area contributed by atoms with Crippen molar-refractivity contribution >= 4 is 12.2 Å². The quantitative estimate of drug-likeness (QED) is 0.393. The van der Waals surface area contributed by atoms with E-state index in [1.165, 1.54) is 12.4 Å². The molecule has 13 heavy (non-hydrogen) atoms. The maximum atomic E-state index is 11.3. The third-order valence-electron chi connectivity index (χ3n) is 1.08. The van der Waals surface area contributed by atoms with Crippen molar-refractivity contribution in [1.29, 1.82) is 0 Å². The summed E-state index contributed by atoms with van der Waals surface area (Å²) in [5.41, 5.74) is 4.98. The molecule has 4 heteroatoms. The van der Waals surface area contributed by atoms with Gasteiger partial charge >= 0.3 is 5.97 Å². The number of nitrogens with two attached hydrogens (primary N) is 1. The van der Waals surface area contributed by atoms with Crippen LogP contribution in [0.15, 0.2) is 16.8 Å². The van der Waals surface area contributed by atoms with Gasteiger partial charge in [-0.1, -0.05) is 0 Å². The van der Waals surface area contributed by atoms with E-state index in [9.17, 15) is 4.79 Å². The van der Waals surface area contributed by atoms with Crippen LogP contribution in [0, 0.1) is 0 Å². The average molecular weight is 184 g/mol. The van der Waals surface area contributed by atoms with Gasteiger partial charge < -0.3 is 10.5 Å². The van der Waals surface area contributed by atoms with Crippen molar-refractivity contribution in [2.45, 2.75) is 26.4 Å². The van der Waals surface area contributed by atoms with Crippen LogP contribution in [0.5, 0.6) is 0 Å². The minimum absolute atomic E-state index is 0.262. The molecule has 0 saturated heterocycles. The van der Waals surface area contributed by atoms with Gasteiger partial charge in [0, 0.05) is 19.5 Å². The van der Waals surface area contributed by atoms with Gasteiger partial charge in [-0.05, 0) is 20.8 Å². The summed E-state index contributed by atoms with van der Waals surface area (Å²) < 4.78 is 5.06. The lowest BCUT2D eigenvalue weighted by atomic mass is 10.2. The van der Waals surface area contributed by atoms with E-state index in [0.29, 0.717) is 0 Å². The molecule has 0 rings (SSSR count). The Kier molecular flexibility index (Phi) is 4.17. The van der Waals surface area contributed by atoms with Crippen LogP contribution in [0.25, 0.3) is 0 Å². The number of aliphatic imine (C=N–C) groups is 1. The minimum atomic E-state index is -0.507. The molecule has 2 N–H and O–H groups in total. The lowest BCUT2D eigenvalue weighted by Crippen LogP contribution is -2.25. The Bertz CT molecular complexity index is 236. The van der Waals surface area contributed by atoms with E-state index in [-0.39, 0.29) is 5.57 Å². The molecule has 0 fully saturated rings. The molecule has 0 heterocycles. The summed E-state index contributed by atoms with van der Waals surface area (Å²) in [5, 5.41) is 0. The van der Waals surface area contributed by atoms with Gasteiger partial charge in [0.2, 0.25) is 0 Å². The second kappa shape index (κ2) is 4.64. The van der Waals surface area contributed by atoms with Gasteiger partial charge in [0.1, 0.15) is 5.60 Å². The smallest absolute Gasteiger partial charge is 0.341 e. The number of carbonyl (C=O) groups is 1. The van der Waals surface area contributed by atoms with Gasteiger partial charge in [0.05, 0.1) is 5.57 Å². The molecule has 0 aromatic heterocycles. The summed E-state index contributed by atoms with van der Waals surface area (Å²) in [4.78, 5) is 15.0. The average Bonchev–Trinajstić information content (AvgIpc) is 1.96. The van der Waals surface area contributed by atoms with Crippen molar-refractivity contribution < 1.29 is 9.53 Å². The molecule has 0 bridgehead atoms. The highest BCUT2D eigenvalue weighted by molar-refractivity contribution is 6.09. The van der Waals surface area contributed by atoms with Crippen LogP contribution in [0.3, 0.4) is 0 Å². The van der Waals surface area contributed by atoms with Crippen molar-refractivity contribution in [3.05, 3.63) is 11.8 Å². The molecular formula is C9H16N2O2. The fourth-order valence-electron chi connectivity index (χ4n) is 0.640. The van der Waals surface area contributed by atoms with Crippen molar-refractivity contribution in [2.75, 3.05) is 7.05 Å². The van der Waals surface area contributed by atoms with E-state index in [2.05, 4.69) is 4.99 Å². The highest BCUT2D eigenvalue weighted by atomic mass is 16.6. The zero-order chi connectivity index (χ0) is 10.5. The molecule has 74 valence electrons. The number of carbonyl (C=O) groups excluding carboxylic acids is 1. The van der Waals surface area contributed by atoms with Gasteiger partial charge in [-0.25, -0.2) is 4.79 Å². The van der Waals surface area contributed by atoms with Crippen molar-refractivity contribution in [2.24, 2.45) is 10.7 Å². The van der Waals surface area contributed by atoms with Crippen molar-refractivity contribution in [1.82, 2.24) is 0 Å². The maximum Gasteiger partial charge on any atom is 0.341 e. The third-order valence-corrected chi connectivity index (χ3v) is 1.08. The van der Waals surface area contributed by atoms with Crippen molar-refractivity contribution in [3.8, 4) is 0 Å². The Morgan fingerprint density at radius 2 is 2.00 bits per heavy atom. The molecule has 0 spiro atoms. The third kappa shape index (κ3) is 5.00. The number of hydrogen-bond donors (Lipinski definition) is 1. The Hall–Kier alpha value is -1.32. The molecule has 0 radical (unpaired) electrons. The monoisotopic (exact) mass is 184 g/mol. The standard InChI is InChI=1S/C9H16N2O2/c1-9(2,3)13-8(12)7(5-10)6-11-4/h5-6H,10H2,1-4H3. The van der Waals surface area contributed by atoms with Crippen LogP contribution in [0.1, 0.15) is 20.8 Å². The Balaban J connectivity index is 4.42. The number of esters is 1. The van der Waals surface area contributed by atoms with Gasteiger partial charge in [-0.15, -0.1) is 0 Å². The maximum absolute atomic E-state index is 11.3. The van der Waals surface area contributed by atoms with Gasteiger partial charge in [0.25, 0.3) is 0 Å². The molecule has 0 aliphatic rings. The van der Waals surface area contributed by atoms with Crippen LogP contribution >= 0.6 is 0 Å². The van der Waals surface area contributed by atoms with Gasteiger partial charge in [0.15, 0.2) is 0 Å². The topological polar surface area (TPSA) is 64.7 Å². The second-order valence-electron chi connectivity index (χ2n) is 3.51. The van der Waals surface area contributed by atoms with Gasteiger partial charge in [-0.3, -0.25) is 4.99 Å². The first kappa shape index (κ1) is 11.7. The van der Waals surface area contributed by atoms with Crippen LogP contribution < -0.4 is 5.73 Å². The number of hydrogen-bond acceptors (Lipinski definition) is 4. The largest absolute Gasteiger partial charge is 0.456 e. The molecule has 0 atom stereocenters. The lowest BCUT2D eigenvalue weighted by molar-refractivity contribution is -0.149. The lowest BCUT2D eigenvalue weighted by Gasteiger charge is -2.19. The summed E-state index contributed by atoms with van der Waals surface area (Å²) in [6.07, 6.45) is 2.55. The summed E-state index contributed by atoms with van der Waals surface area (Å²) >= 11 is 0. The predicted octanol–water partition coefficient (Wildman–Crippen LogP) is 0.871. The molecule has 0 aliphatic carbocycles. The van der Waals surface area contributed by atoms with Crippen molar-refractivity contribution in [3.63, 3.8) is 0 Å². The number of nitrogens with zero attached hydrogens (tertiary/aromatic N) is 1. The fourth-order valence-corrected chi connectivity index (χ4v) is 0.640. The Morgan fingerprint density at radius 1 is 1.46 bits per heavy atom. The molecule has 0 amide bonds. The second-order valence-corrected chi connectivity index (χ2v) is 3.51. The summed E-state index contributed by atoms with van der Waals surface area (Å²) in [6.45, 7) is 5.38. The van der Waals surface area contributed by atoms with E-state index < -0.39 is 11.6 Å². The molecule has 0 unspecified atom stereocenters. The normalized spacial score (nSPS) is 13.4. The molecule has 0 saturated carbocycles. The van der Waals surface area contributed by atoms with E-state index >= 15 is 0 Å². The van der Waals surface area contributed by atoms with Crippen LogP contribution in [0.4, 0.5) is 0 Å². The zero-order valence-electron chi connectivity index (χ0n) is 8.50. The van der Waals surface area contributed by atoms with E-state index in [0.717, 1.165) is 0 Å². The first-order valence-electron chi connectivity index (χ1n) is 3.98.